The molecule has 0 N–H and O–H groups in total. The minimum atomic E-state index is 0.262. The van der Waals surface area contributed by atoms with Gasteiger partial charge in [0.15, 0.2) is 0 Å². The summed E-state index contributed by atoms with van der Waals surface area (Å²) in [4.78, 5) is 2.49. The highest BCUT2D eigenvalue weighted by atomic mass is 16.5. The maximum absolute atomic E-state index is 7.11. The minimum absolute atomic E-state index is 0.262. The van der Waals surface area contributed by atoms with E-state index < -0.39 is 0 Å². The molecule has 5 aromatic rings. The van der Waals surface area contributed by atoms with Gasteiger partial charge in [0.25, 0.3) is 0 Å². The predicted octanol–water partition coefficient (Wildman–Crippen LogP) is 12.8. The van der Waals surface area contributed by atoms with Crippen LogP contribution in [0.3, 0.4) is 0 Å². The van der Waals surface area contributed by atoms with Crippen molar-refractivity contribution in [3.8, 4) is 5.75 Å². The molecule has 2 heteroatoms. The van der Waals surface area contributed by atoms with E-state index in [2.05, 4.69) is 146 Å². The highest BCUT2D eigenvalue weighted by molar-refractivity contribution is 5.96. The summed E-state index contributed by atoms with van der Waals surface area (Å²) < 4.78 is 7.11. The molecule has 1 fully saturated rings. The quantitative estimate of drug-likeness (QED) is 0.178. The van der Waals surface area contributed by atoms with E-state index in [-0.39, 0.29) is 6.10 Å². The molecule has 4 aliphatic carbocycles. The smallest absolute Gasteiger partial charge is 0.129 e. The van der Waals surface area contributed by atoms with E-state index in [0.717, 1.165) is 36.4 Å². The second kappa shape index (κ2) is 12.0. The molecule has 0 aliphatic heterocycles. The van der Waals surface area contributed by atoms with Crippen LogP contribution in [0.15, 0.2) is 126 Å². The Bertz CT molecular complexity index is 2090. The van der Waals surface area contributed by atoms with E-state index in [1.165, 1.54) is 74.3 Å². The molecule has 238 valence electrons. The molecule has 0 amide bonds. The zero-order chi connectivity index (χ0) is 32.2. The van der Waals surface area contributed by atoms with Crippen LogP contribution < -0.4 is 9.64 Å². The molecule has 0 spiro atoms. The molecule has 3 unspecified atom stereocenters. The highest BCUT2D eigenvalue weighted by Crippen LogP contribution is 2.55. The minimum Gasteiger partial charge on any atom is -0.490 e. The van der Waals surface area contributed by atoms with E-state index >= 15 is 0 Å². The molecular formula is C46H43NO. The van der Waals surface area contributed by atoms with Gasteiger partial charge in [0, 0.05) is 40.4 Å². The lowest BCUT2D eigenvalue weighted by Gasteiger charge is -2.40. The molecule has 4 aliphatic rings. The lowest BCUT2D eigenvalue weighted by Crippen LogP contribution is -2.26. The van der Waals surface area contributed by atoms with Crippen LogP contribution in [0.4, 0.5) is 17.1 Å². The van der Waals surface area contributed by atoms with Gasteiger partial charge in [-0.15, -0.1) is 0 Å². The summed E-state index contributed by atoms with van der Waals surface area (Å²) >= 11 is 0. The fourth-order valence-electron chi connectivity index (χ4n) is 8.66. The Morgan fingerprint density at radius 2 is 1.33 bits per heavy atom. The van der Waals surface area contributed by atoms with Gasteiger partial charge in [-0.1, -0.05) is 117 Å². The number of hydrogen-bond donors (Lipinski definition) is 0. The third-order valence-corrected chi connectivity index (χ3v) is 11.4. The normalized spacial score (nSPS) is 20.3. The van der Waals surface area contributed by atoms with E-state index in [1.54, 1.807) is 0 Å². The molecule has 0 aromatic heterocycles. The Kier molecular flexibility index (Phi) is 7.34. The summed E-state index contributed by atoms with van der Waals surface area (Å²) in [6.45, 7) is 4.69. The Labute approximate surface area is 284 Å². The number of rotatable bonds is 7. The number of ether oxygens (including phenoxy) is 1. The van der Waals surface area contributed by atoms with Gasteiger partial charge in [-0.2, -0.15) is 0 Å². The molecule has 0 radical (unpaired) electrons. The summed E-state index contributed by atoms with van der Waals surface area (Å²) in [5.41, 5.74) is 10.5. The van der Waals surface area contributed by atoms with Crippen molar-refractivity contribution in [3.05, 3.63) is 143 Å². The lowest BCUT2D eigenvalue weighted by molar-refractivity contribution is 0.154. The largest absolute Gasteiger partial charge is 0.490 e. The van der Waals surface area contributed by atoms with Crippen LogP contribution in [0.5, 0.6) is 5.75 Å². The number of fused-ring (bicyclic) bond motifs is 2. The third-order valence-electron chi connectivity index (χ3n) is 11.4. The lowest BCUT2D eigenvalue weighted by atomic mass is 9.65. The second-order valence-corrected chi connectivity index (χ2v) is 14.2. The zero-order valence-electron chi connectivity index (χ0n) is 28.0. The standard InChI is InChI=1S/C46H43NO/c1-3-30(2)39-23-19-33-20-24-42-44(48-38-15-5-4-6-16-38)29-43(41-26-25-40(39)45(33)46(41)42)47(36-21-17-31-11-7-9-13-34(31)27-36)37-22-18-32-12-8-10-14-35(32)28-37/h7-14,17-30,33,38,45H,3-6,15-16H2,1-2H3. The van der Waals surface area contributed by atoms with Gasteiger partial charge in [0.2, 0.25) is 0 Å². The zero-order valence-corrected chi connectivity index (χ0v) is 28.0. The number of allylic oxidation sites excluding steroid dienone is 6. The highest BCUT2D eigenvalue weighted by Gasteiger charge is 2.38. The summed E-state index contributed by atoms with van der Waals surface area (Å²) in [5, 5.41) is 4.99. The first-order valence-electron chi connectivity index (χ1n) is 18.1. The van der Waals surface area contributed by atoms with Crippen LogP contribution in [0.25, 0.3) is 33.7 Å². The predicted molar refractivity (Wildman–Crippen MR) is 204 cm³/mol. The first kappa shape index (κ1) is 29.3. The Hall–Kier alpha value is -4.82. The Balaban J connectivity index is 1.31. The van der Waals surface area contributed by atoms with Gasteiger partial charge in [0.1, 0.15) is 5.75 Å². The van der Waals surface area contributed by atoms with Crippen molar-refractivity contribution < 1.29 is 4.74 Å². The van der Waals surface area contributed by atoms with E-state index in [9.17, 15) is 0 Å². The van der Waals surface area contributed by atoms with Gasteiger partial charge in [-0.05, 0) is 101 Å². The van der Waals surface area contributed by atoms with Crippen molar-refractivity contribution in [2.45, 2.75) is 64.4 Å². The van der Waals surface area contributed by atoms with Crippen molar-refractivity contribution >= 4 is 50.8 Å². The molecule has 9 rings (SSSR count). The van der Waals surface area contributed by atoms with Crippen molar-refractivity contribution in [1.29, 1.82) is 0 Å². The van der Waals surface area contributed by atoms with E-state index in [1.807, 2.05) is 0 Å². The first-order chi connectivity index (χ1) is 23.7. The molecule has 0 bridgehead atoms. The molecule has 48 heavy (non-hydrogen) atoms. The summed E-state index contributed by atoms with van der Waals surface area (Å²) in [6.07, 6.45) is 22.0. The number of nitrogens with zero attached hydrogens (tertiary/aromatic N) is 1. The van der Waals surface area contributed by atoms with E-state index in [0.29, 0.717) is 17.8 Å². The SMILES string of the molecule is CCC(C)C1=C2C=Cc3c(N(c4ccc5ccccc5c4)c4ccc5ccccc5c4)cc(OC4CCCCC4)c4c3C2C(C=C1)C=C4. The maximum atomic E-state index is 7.11. The topological polar surface area (TPSA) is 12.5 Å². The van der Waals surface area contributed by atoms with E-state index in [4.69, 9.17) is 4.74 Å². The van der Waals surface area contributed by atoms with Crippen LogP contribution in [0.2, 0.25) is 0 Å². The van der Waals surface area contributed by atoms with Gasteiger partial charge >= 0.3 is 0 Å². The molecular weight excluding hydrogens is 583 g/mol. The third kappa shape index (κ3) is 4.93. The fourth-order valence-corrected chi connectivity index (χ4v) is 8.66. The second-order valence-electron chi connectivity index (χ2n) is 14.2. The van der Waals surface area contributed by atoms with Crippen LogP contribution >= 0.6 is 0 Å². The summed E-state index contributed by atoms with van der Waals surface area (Å²) in [7, 11) is 0. The van der Waals surface area contributed by atoms with Crippen LogP contribution in [0.1, 0.15) is 75.0 Å². The summed E-state index contributed by atoms with van der Waals surface area (Å²) in [6, 6.07) is 33.6. The molecule has 0 saturated heterocycles. The van der Waals surface area contributed by atoms with Gasteiger partial charge in [-0.25, -0.2) is 0 Å². The van der Waals surface area contributed by atoms with Crippen LogP contribution in [-0.4, -0.2) is 6.10 Å². The van der Waals surface area contributed by atoms with Crippen LogP contribution in [0, 0.1) is 11.8 Å². The molecule has 2 nitrogen and oxygen atoms in total. The monoisotopic (exact) mass is 625 g/mol. The molecule has 3 atom stereocenters. The Morgan fingerprint density at radius 1 is 0.688 bits per heavy atom. The number of hydrogen-bond acceptors (Lipinski definition) is 2. The average molecular weight is 626 g/mol. The molecule has 0 heterocycles. The Morgan fingerprint density at radius 3 is 2.00 bits per heavy atom. The van der Waals surface area contributed by atoms with Crippen molar-refractivity contribution in [2.24, 2.45) is 11.8 Å². The van der Waals surface area contributed by atoms with Gasteiger partial charge in [0.05, 0.1) is 11.8 Å². The first-order valence-corrected chi connectivity index (χ1v) is 18.1. The molecule has 5 aromatic carbocycles. The van der Waals surface area contributed by atoms with Gasteiger partial charge in [-0.3, -0.25) is 0 Å². The summed E-state index contributed by atoms with van der Waals surface area (Å²) in [5.74, 6) is 2.19. The number of anilines is 3. The maximum Gasteiger partial charge on any atom is 0.129 e. The van der Waals surface area contributed by atoms with Crippen molar-refractivity contribution in [1.82, 2.24) is 0 Å². The fraction of sp³-hybridized carbons (Fsp3) is 0.261. The van der Waals surface area contributed by atoms with Crippen molar-refractivity contribution in [2.75, 3.05) is 4.90 Å². The average Bonchev–Trinajstić information content (AvgIpc) is 3.14. The van der Waals surface area contributed by atoms with Gasteiger partial charge < -0.3 is 9.64 Å². The van der Waals surface area contributed by atoms with Crippen LogP contribution in [-0.2, 0) is 0 Å². The number of benzene rings is 5. The molecule has 1 saturated carbocycles. The van der Waals surface area contributed by atoms with Crippen molar-refractivity contribution in [3.63, 3.8) is 0 Å².